The van der Waals surface area contributed by atoms with Crippen molar-refractivity contribution in [3.8, 4) is 0 Å². The van der Waals surface area contributed by atoms with Crippen LogP contribution < -0.4 is 5.73 Å². The van der Waals surface area contributed by atoms with E-state index in [4.69, 9.17) is 5.73 Å². The van der Waals surface area contributed by atoms with E-state index in [9.17, 15) is 30.7 Å². The summed E-state index contributed by atoms with van der Waals surface area (Å²) in [7, 11) is 0. The molecule has 0 saturated carbocycles. The third kappa shape index (κ3) is 1.98. The van der Waals surface area contributed by atoms with Crippen molar-refractivity contribution in [2.45, 2.75) is 18.0 Å². The van der Waals surface area contributed by atoms with Crippen molar-refractivity contribution >= 4 is 5.82 Å². The molecule has 0 atom stereocenters. The molecule has 10 heteroatoms. The minimum atomic E-state index is -6.24. The standard InChI is InChI=1S/C7H4F7N3/c8-5(6(9,10)11,7(12,13)14)3-4(15)17-2-1-16-3/h1-2H,(H2,15,17). The summed E-state index contributed by atoms with van der Waals surface area (Å²) in [5.41, 5.74) is -2.87. The van der Waals surface area contributed by atoms with Gasteiger partial charge in [0.1, 0.15) is 11.5 Å². The van der Waals surface area contributed by atoms with E-state index in [1.807, 2.05) is 0 Å². The number of halogens is 7. The summed E-state index contributed by atoms with van der Waals surface area (Å²) in [4.78, 5) is 5.63. The summed E-state index contributed by atoms with van der Waals surface area (Å²) in [6.07, 6.45) is -11.3. The van der Waals surface area contributed by atoms with Gasteiger partial charge in [-0.1, -0.05) is 0 Å². The molecule has 0 amide bonds. The first-order chi connectivity index (χ1) is 7.52. The highest BCUT2D eigenvalue weighted by Crippen LogP contribution is 2.53. The number of hydrogen-bond donors (Lipinski definition) is 1. The van der Waals surface area contributed by atoms with E-state index in [-0.39, 0.29) is 0 Å². The van der Waals surface area contributed by atoms with Crippen molar-refractivity contribution in [2.75, 3.05) is 5.73 Å². The highest BCUT2D eigenvalue weighted by Gasteiger charge is 2.75. The van der Waals surface area contributed by atoms with Crippen LogP contribution in [0.25, 0.3) is 0 Å². The van der Waals surface area contributed by atoms with Crippen LogP contribution in [0.3, 0.4) is 0 Å². The number of nitrogen functional groups attached to an aromatic ring is 1. The zero-order valence-electron chi connectivity index (χ0n) is 7.77. The van der Waals surface area contributed by atoms with Crippen molar-refractivity contribution < 1.29 is 30.7 Å². The molecule has 0 radical (unpaired) electrons. The quantitative estimate of drug-likeness (QED) is 0.791. The summed E-state index contributed by atoms with van der Waals surface area (Å²) < 4.78 is 86.9. The number of aromatic nitrogens is 2. The van der Waals surface area contributed by atoms with Crippen LogP contribution in [-0.4, -0.2) is 22.3 Å². The summed E-state index contributed by atoms with van der Waals surface area (Å²) in [5, 5.41) is 0. The molecule has 1 rings (SSSR count). The monoisotopic (exact) mass is 263 g/mol. The van der Waals surface area contributed by atoms with Gasteiger partial charge in [0.15, 0.2) is 0 Å². The van der Waals surface area contributed by atoms with Crippen LogP contribution in [0.1, 0.15) is 5.69 Å². The Morgan fingerprint density at radius 1 is 0.824 bits per heavy atom. The van der Waals surface area contributed by atoms with E-state index >= 15 is 0 Å². The highest BCUT2D eigenvalue weighted by molar-refractivity contribution is 5.39. The van der Waals surface area contributed by atoms with Gasteiger partial charge >= 0.3 is 18.0 Å². The molecular weight excluding hydrogens is 259 g/mol. The van der Waals surface area contributed by atoms with Crippen LogP contribution in [0.5, 0.6) is 0 Å². The molecule has 96 valence electrons. The topological polar surface area (TPSA) is 51.8 Å². The minimum absolute atomic E-state index is 0.484. The number of nitrogens with zero attached hydrogens (tertiary/aromatic N) is 2. The predicted octanol–water partition coefficient (Wildman–Crippen LogP) is 2.35. The number of hydrogen-bond acceptors (Lipinski definition) is 3. The molecule has 2 N–H and O–H groups in total. The lowest BCUT2D eigenvalue weighted by atomic mass is 10.00. The Kier molecular flexibility index (Phi) is 2.93. The molecule has 1 heterocycles. The first-order valence-corrected chi connectivity index (χ1v) is 3.91. The van der Waals surface area contributed by atoms with Crippen LogP contribution in [0.2, 0.25) is 0 Å². The van der Waals surface area contributed by atoms with Gasteiger partial charge < -0.3 is 5.73 Å². The van der Waals surface area contributed by atoms with Gasteiger partial charge in [0.2, 0.25) is 0 Å². The molecule has 17 heavy (non-hydrogen) atoms. The van der Waals surface area contributed by atoms with Gasteiger partial charge in [0.05, 0.1) is 0 Å². The second-order valence-corrected chi connectivity index (χ2v) is 2.94. The van der Waals surface area contributed by atoms with Crippen LogP contribution >= 0.6 is 0 Å². The molecule has 0 spiro atoms. The van der Waals surface area contributed by atoms with Crippen molar-refractivity contribution in [3.05, 3.63) is 18.1 Å². The van der Waals surface area contributed by atoms with E-state index < -0.39 is 29.5 Å². The summed E-state index contributed by atoms with van der Waals surface area (Å²) in [6.45, 7) is 0. The maximum Gasteiger partial charge on any atom is 0.437 e. The lowest BCUT2D eigenvalue weighted by molar-refractivity contribution is -0.349. The molecule has 0 fully saturated rings. The van der Waals surface area contributed by atoms with Gasteiger partial charge in [-0.3, -0.25) is 4.98 Å². The normalized spacial score (nSPS) is 13.8. The molecule has 3 nitrogen and oxygen atoms in total. The van der Waals surface area contributed by atoms with Gasteiger partial charge in [-0.15, -0.1) is 0 Å². The SMILES string of the molecule is Nc1nccnc1C(F)(C(F)(F)F)C(F)(F)F. The van der Waals surface area contributed by atoms with Crippen LogP contribution in [-0.2, 0) is 5.67 Å². The number of rotatable bonds is 1. The molecule has 0 saturated heterocycles. The Morgan fingerprint density at radius 2 is 1.24 bits per heavy atom. The Balaban J connectivity index is 3.53. The van der Waals surface area contributed by atoms with Gasteiger partial charge in [0.25, 0.3) is 0 Å². The lowest BCUT2D eigenvalue weighted by Gasteiger charge is -2.29. The zero-order chi connectivity index (χ0) is 13.5. The van der Waals surface area contributed by atoms with E-state index in [1.54, 1.807) is 0 Å². The minimum Gasteiger partial charge on any atom is -0.382 e. The molecular formula is C7H4F7N3. The van der Waals surface area contributed by atoms with Crippen LogP contribution in [0.4, 0.5) is 36.6 Å². The first-order valence-electron chi connectivity index (χ1n) is 3.91. The Hall–Kier alpha value is -1.61. The summed E-state index contributed by atoms with van der Waals surface area (Å²) in [6, 6.07) is 0. The average Bonchev–Trinajstić information content (AvgIpc) is 2.13. The summed E-state index contributed by atoms with van der Waals surface area (Å²) in [5.74, 6) is -1.27. The second-order valence-electron chi connectivity index (χ2n) is 2.94. The third-order valence-electron chi connectivity index (χ3n) is 1.83. The van der Waals surface area contributed by atoms with Crippen molar-refractivity contribution in [3.63, 3.8) is 0 Å². The Labute approximate surface area is 89.5 Å². The van der Waals surface area contributed by atoms with Crippen molar-refractivity contribution in [1.82, 2.24) is 9.97 Å². The molecule has 0 bridgehead atoms. The fraction of sp³-hybridized carbons (Fsp3) is 0.429. The maximum absolute atomic E-state index is 13.4. The Morgan fingerprint density at radius 3 is 1.59 bits per heavy atom. The van der Waals surface area contributed by atoms with E-state index in [0.717, 1.165) is 6.20 Å². The fourth-order valence-corrected chi connectivity index (χ4v) is 1.04. The molecule has 0 aromatic carbocycles. The lowest BCUT2D eigenvalue weighted by Crippen LogP contribution is -2.51. The smallest absolute Gasteiger partial charge is 0.382 e. The number of alkyl halides is 7. The third-order valence-corrected chi connectivity index (χ3v) is 1.83. The van der Waals surface area contributed by atoms with Gasteiger partial charge in [0, 0.05) is 12.4 Å². The van der Waals surface area contributed by atoms with Crippen LogP contribution in [0, 0.1) is 0 Å². The predicted molar refractivity (Wildman–Crippen MR) is 41.3 cm³/mol. The summed E-state index contributed by atoms with van der Waals surface area (Å²) >= 11 is 0. The highest BCUT2D eigenvalue weighted by atomic mass is 19.4. The van der Waals surface area contributed by atoms with E-state index in [2.05, 4.69) is 9.97 Å². The van der Waals surface area contributed by atoms with Crippen molar-refractivity contribution in [2.24, 2.45) is 0 Å². The van der Waals surface area contributed by atoms with Crippen LogP contribution in [0.15, 0.2) is 12.4 Å². The first kappa shape index (κ1) is 13.5. The van der Waals surface area contributed by atoms with E-state index in [1.165, 1.54) is 0 Å². The molecule has 0 aliphatic carbocycles. The molecule has 0 aliphatic rings. The maximum atomic E-state index is 13.4. The molecule has 0 unspecified atom stereocenters. The number of anilines is 1. The fourth-order valence-electron chi connectivity index (χ4n) is 1.04. The molecule has 1 aromatic rings. The van der Waals surface area contributed by atoms with Gasteiger partial charge in [-0.2, -0.15) is 26.3 Å². The van der Waals surface area contributed by atoms with Gasteiger partial charge in [-0.25, -0.2) is 9.37 Å². The van der Waals surface area contributed by atoms with Gasteiger partial charge in [-0.05, 0) is 0 Å². The second kappa shape index (κ2) is 3.70. The van der Waals surface area contributed by atoms with Crippen molar-refractivity contribution in [1.29, 1.82) is 0 Å². The largest absolute Gasteiger partial charge is 0.437 e. The molecule has 0 aliphatic heterocycles. The molecule has 1 aromatic heterocycles. The Bertz CT molecular complexity index is 397. The zero-order valence-corrected chi connectivity index (χ0v) is 7.77. The number of nitrogens with two attached hydrogens (primary N) is 1. The average molecular weight is 263 g/mol. The van der Waals surface area contributed by atoms with E-state index in [0.29, 0.717) is 6.20 Å².